The number of carbonyl (C=O) groups is 2. The summed E-state index contributed by atoms with van der Waals surface area (Å²) in [5.41, 5.74) is 4.56. The van der Waals surface area contributed by atoms with Crippen LogP contribution in [-0.2, 0) is 11.8 Å². The summed E-state index contributed by atoms with van der Waals surface area (Å²) in [6.07, 6.45) is 1.95. The minimum absolute atomic E-state index is 0.188. The zero-order chi connectivity index (χ0) is 20.7. The summed E-state index contributed by atoms with van der Waals surface area (Å²) >= 11 is 0. The number of rotatable bonds is 6. The maximum atomic E-state index is 13.3. The Morgan fingerprint density at radius 3 is 2.66 bits per heavy atom. The third-order valence-electron chi connectivity index (χ3n) is 5.48. The van der Waals surface area contributed by atoms with Crippen LogP contribution < -0.4 is 5.32 Å². The first-order chi connectivity index (χ1) is 13.8. The predicted molar refractivity (Wildman–Crippen MR) is 109 cm³/mol. The second kappa shape index (κ2) is 7.31. The molecule has 1 aliphatic rings. The minimum Gasteiger partial charge on any atom is -0.481 e. The standard InChI is InChI=1S/C22H24N4O3/c1-12-6-4-5-7-15(12)18(11-19(27)28)24-22(29)16-10-17(14-8-9-14)23-21-20(16)13(2)25-26(21)3/h4-7,10,14,18H,8-9,11H2,1-3H3,(H,24,29)(H,27,28)/t18-/m0/s1. The van der Waals surface area contributed by atoms with Gasteiger partial charge in [-0.05, 0) is 43.9 Å². The van der Waals surface area contributed by atoms with Crippen LogP contribution in [0.15, 0.2) is 30.3 Å². The van der Waals surface area contributed by atoms with E-state index in [9.17, 15) is 14.7 Å². The molecule has 2 N–H and O–H groups in total. The van der Waals surface area contributed by atoms with Gasteiger partial charge in [0.25, 0.3) is 5.91 Å². The van der Waals surface area contributed by atoms with Gasteiger partial charge in [0.05, 0.1) is 29.1 Å². The van der Waals surface area contributed by atoms with Crippen molar-refractivity contribution in [3.63, 3.8) is 0 Å². The molecule has 0 bridgehead atoms. The van der Waals surface area contributed by atoms with Gasteiger partial charge in [0.1, 0.15) is 0 Å². The molecule has 29 heavy (non-hydrogen) atoms. The van der Waals surface area contributed by atoms with E-state index in [0.29, 0.717) is 22.5 Å². The maximum Gasteiger partial charge on any atom is 0.305 e. The first-order valence-corrected chi connectivity index (χ1v) is 9.77. The van der Waals surface area contributed by atoms with Gasteiger partial charge in [-0.25, -0.2) is 4.98 Å². The van der Waals surface area contributed by atoms with E-state index >= 15 is 0 Å². The highest BCUT2D eigenvalue weighted by Crippen LogP contribution is 2.40. The largest absolute Gasteiger partial charge is 0.481 e. The first-order valence-electron chi connectivity index (χ1n) is 9.77. The molecule has 0 radical (unpaired) electrons. The number of carbonyl (C=O) groups excluding carboxylic acids is 1. The van der Waals surface area contributed by atoms with Gasteiger partial charge in [0.2, 0.25) is 0 Å². The zero-order valence-corrected chi connectivity index (χ0v) is 16.8. The molecule has 150 valence electrons. The van der Waals surface area contributed by atoms with Gasteiger partial charge >= 0.3 is 5.97 Å². The van der Waals surface area contributed by atoms with Gasteiger partial charge in [-0.2, -0.15) is 5.10 Å². The van der Waals surface area contributed by atoms with Crippen LogP contribution in [0, 0.1) is 13.8 Å². The fourth-order valence-corrected chi connectivity index (χ4v) is 3.86. The van der Waals surface area contributed by atoms with Crippen LogP contribution in [-0.4, -0.2) is 31.7 Å². The van der Waals surface area contributed by atoms with Crippen LogP contribution in [0.5, 0.6) is 0 Å². The van der Waals surface area contributed by atoms with Crippen molar-refractivity contribution in [1.82, 2.24) is 20.1 Å². The number of amides is 1. The molecule has 7 nitrogen and oxygen atoms in total. The van der Waals surface area contributed by atoms with Gasteiger partial charge in [0.15, 0.2) is 5.65 Å². The Balaban J connectivity index is 1.75. The summed E-state index contributed by atoms with van der Waals surface area (Å²) in [4.78, 5) is 29.5. The molecule has 1 atom stereocenters. The molecular formula is C22H24N4O3. The van der Waals surface area contributed by atoms with Crippen LogP contribution in [0.1, 0.15) is 64.1 Å². The molecule has 1 amide bonds. The van der Waals surface area contributed by atoms with Gasteiger partial charge in [-0.3, -0.25) is 14.3 Å². The maximum absolute atomic E-state index is 13.3. The van der Waals surface area contributed by atoms with Gasteiger partial charge in [-0.15, -0.1) is 0 Å². The molecule has 7 heteroatoms. The summed E-state index contributed by atoms with van der Waals surface area (Å²) < 4.78 is 1.70. The quantitative estimate of drug-likeness (QED) is 0.670. The fourth-order valence-electron chi connectivity index (χ4n) is 3.86. The van der Waals surface area contributed by atoms with E-state index in [4.69, 9.17) is 4.98 Å². The number of aromatic nitrogens is 3. The molecule has 2 heterocycles. The lowest BCUT2D eigenvalue weighted by atomic mass is 9.98. The number of nitrogens with zero attached hydrogens (tertiary/aromatic N) is 3. The van der Waals surface area contributed by atoms with E-state index in [1.54, 1.807) is 4.68 Å². The number of aliphatic carboxylic acids is 1. The van der Waals surface area contributed by atoms with E-state index in [0.717, 1.165) is 35.4 Å². The lowest BCUT2D eigenvalue weighted by Crippen LogP contribution is -2.31. The third-order valence-corrected chi connectivity index (χ3v) is 5.48. The van der Waals surface area contributed by atoms with E-state index in [2.05, 4.69) is 10.4 Å². The monoisotopic (exact) mass is 392 g/mol. The van der Waals surface area contributed by atoms with Crippen molar-refractivity contribution in [3.8, 4) is 0 Å². The van der Waals surface area contributed by atoms with Gasteiger partial charge < -0.3 is 10.4 Å². The van der Waals surface area contributed by atoms with Crippen molar-refractivity contribution in [2.75, 3.05) is 0 Å². The normalized spacial score (nSPS) is 14.7. The van der Waals surface area contributed by atoms with Crippen LogP contribution in [0.25, 0.3) is 11.0 Å². The molecule has 0 spiro atoms. The third kappa shape index (κ3) is 3.72. The zero-order valence-electron chi connectivity index (χ0n) is 16.8. The van der Waals surface area contributed by atoms with Crippen LogP contribution in [0.4, 0.5) is 0 Å². The average molecular weight is 392 g/mol. The van der Waals surface area contributed by atoms with E-state index in [1.807, 2.05) is 51.2 Å². The lowest BCUT2D eigenvalue weighted by Gasteiger charge is -2.20. The van der Waals surface area contributed by atoms with Crippen molar-refractivity contribution in [2.45, 2.75) is 45.1 Å². The molecule has 0 unspecified atom stereocenters. The molecule has 0 aliphatic heterocycles. The summed E-state index contributed by atoms with van der Waals surface area (Å²) in [6.45, 7) is 3.77. The number of fused-ring (bicyclic) bond motifs is 1. The van der Waals surface area contributed by atoms with Crippen molar-refractivity contribution < 1.29 is 14.7 Å². The lowest BCUT2D eigenvalue weighted by molar-refractivity contribution is -0.137. The van der Waals surface area contributed by atoms with E-state index < -0.39 is 12.0 Å². The number of carboxylic acid groups (broad SMARTS) is 1. The molecule has 1 saturated carbocycles. The number of aryl methyl sites for hydroxylation is 3. The Morgan fingerprint density at radius 2 is 2.00 bits per heavy atom. The molecule has 1 fully saturated rings. The Hall–Kier alpha value is -3.22. The summed E-state index contributed by atoms with van der Waals surface area (Å²) in [6, 6.07) is 8.75. The van der Waals surface area contributed by atoms with Gasteiger partial charge in [0, 0.05) is 18.7 Å². The number of carboxylic acids is 1. The highest BCUT2D eigenvalue weighted by molar-refractivity contribution is 6.06. The first kappa shape index (κ1) is 19.1. The molecule has 1 aliphatic carbocycles. The second-order valence-electron chi connectivity index (χ2n) is 7.76. The van der Waals surface area contributed by atoms with Crippen LogP contribution in [0.3, 0.4) is 0 Å². The average Bonchev–Trinajstić information content (AvgIpc) is 3.47. The summed E-state index contributed by atoms with van der Waals surface area (Å²) in [7, 11) is 1.82. The topological polar surface area (TPSA) is 97.1 Å². The molecule has 0 saturated heterocycles. The molecule has 2 aromatic heterocycles. The molecule has 1 aromatic carbocycles. The van der Waals surface area contributed by atoms with E-state index in [-0.39, 0.29) is 12.3 Å². The Labute approximate surface area is 168 Å². The van der Waals surface area contributed by atoms with Gasteiger partial charge in [-0.1, -0.05) is 24.3 Å². The second-order valence-corrected chi connectivity index (χ2v) is 7.76. The molecule has 3 aromatic rings. The number of hydrogen-bond acceptors (Lipinski definition) is 4. The number of nitrogens with one attached hydrogen (secondary N) is 1. The summed E-state index contributed by atoms with van der Waals surface area (Å²) in [5.74, 6) is -0.883. The molecular weight excluding hydrogens is 368 g/mol. The minimum atomic E-state index is -0.963. The smallest absolute Gasteiger partial charge is 0.305 e. The van der Waals surface area contributed by atoms with Crippen molar-refractivity contribution in [2.24, 2.45) is 7.05 Å². The molecule has 4 rings (SSSR count). The number of benzene rings is 1. The Morgan fingerprint density at radius 1 is 1.28 bits per heavy atom. The van der Waals surface area contributed by atoms with Crippen molar-refractivity contribution in [3.05, 3.63) is 58.4 Å². The van der Waals surface area contributed by atoms with Crippen LogP contribution >= 0.6 is 0 Å². The fraction of sp³-hybridized carbons (Fsp3) is 0.364. The number of hydrogen-bond donors (Lipinski definition) is 2. The van der Waals surface area contributed by atoms with E-state index in [1.165, 1.54) is 0 Å². The predicted octanol–water partition coefficient (Wildman–Crippen LogP) is 3.41. The van der Waals surface area contributed by atoms with Crippen molar-refractivity contribution >= 4 is 22.9 Å². The highest BCUT2D eigenvalue weighted by atomic mass is 16.4. The Kier molecular flexibility index (Phi) is 4.82. The Bertz CT molecular complexity index is 1110. The van der Waals surface area contributed by atoms with Crippen molar-refractivity contribution in [1.29, 1.82) is 0 Å². The highest BCUT2D eigenvalue weighted by Gasteiger charge is 2.29. The van der Waals surface area contributed by atoms with Crippen LogP contribution in [0.2, 0.25) is 0 Å². The number of pyridine rings is 1. The SMILES string of the molecule is Cc1ccccc1[C@H](CC(=O)O)NC(=O)c1cc(C2CC2)nc2c1c(C)nn2C. The summed E-state index contributed by atoms with van der Waals surface area (Å²) in [5, 5.41) is 17.5.